The molecule has 0 bridgehead atoms. The van der Waals surface area contributed by atoms with Crippen molar-refractivity contribution in [3.05, 3.63) is 29.6 Å². The minimum atomic E-state index is -0.356. The fourth-order valence-corrected chi connectivity index (χ4v) is 2.87. The molecular formula is C19H28N4O4. The highest BCUT2D eigenvalue weighted by Crippen LogP contribution is 2.11. The molecule has 148 valence electrons. The van der Waals surface area contributed by atoms with Crippen molar-refractivity contribution in [3.8, 4) is 0 Å². The largest absolute Gasteiger partial charge is 0.450 e. The van der Waals surface area contributed by atoms with E-state index in [0.717, 1.165) is 12.8 Å². The molecule has 1 fully saturated rings. The number of ether oxygens (including phenoxy) is 1. The van der Waals surface area contributed by atoms with E-state index in [0.29, 0.717) is 44.9 Å². The number of carbonyl (C=O) groups is 3. The normalized spacial score (nSPS) is 14.0. The van der Waals surface area contributed by atoms with Gasteiger partial charge in [0.25, 0.3) is 11.8 Å². The summed E-state index contributed by atoms with van der Waals surface area (Å²) in [5, 5.41) is 0. The van der Waals surface area contributed by atoms with Gasteiger partial charge in [0, 0.05) is 51.5 Å². The molecule has 8 nitrogen and oxygen atoms in total. The van der Waals surface area contributed by atoms with Gasteiger partial charge < -0.3 is 19.4 Å². The molecule has 2 rings (SSSR count). The Kier molecular flexibility index (Phi) is 7.57. The summed E-state index contributed by atoms with van der Waals surface area (Å²) in [7, 11) is 1.76. The van der Waals surface area contributed by atoms with Crippen LogP contribution in [0.3, 0.4) is 0 Å². The molecule has 0 radical (unpaired) electrons. The smallest absolute Gasteiger partial charge is 0.409 e. The fraction of sp³-hybridized carbons (Fsp3) is 0.579. The second-order valence-electron chi connectivity index (χ2n) is 6.49. The number of carbonyl (C=O) groups excluding carboxylic acids is 3. The first-order valence-corrected chi connectivity index (χ1v) is 9.40. The van der Waals surface area contributed by atoms with E-state index in [1.165, 1.54) is 6.20 Å². The first-order chi connectivity index (χ1) is 13.0. The molecular weight excluding hydrogens is 348 g/mol. The van der Waals surface area contributed by atoms with E-state index >= 15 is 0 Å². The van der Waals surface area contributed by atoms with Crippen LogP contribution in [0.2, 0.25) is 0 Å². The highest BCUT2D eigenvalue weighted by atomic mass is 16.6. The number of aromatic nitrogens is 1. The van der Waals surface area contributed by atoms with E-state index < -0.39 is 0 Å². The molecule has 1 saturated heterocycles. The van der Waals surface area contributed by atoms with Crippen LogP contribution < -0.4 is 0 Å². The summed E-state index contributed by atoms with van der Waals surface area (Å²) in [4.78, 5) is 46.0. The van der Waals surface area contributed by atoms with Crippen molar-refractivity contribution in [1.29, 1.82) is 0 Å². The van der Waals surface area contributed by atoms with E-state index in [1.807, 2.05) is 0 Å². The number of nitrogens with zero attached hydrogens (tertiary/aromatic N) is 4. The lowest BCUT2D eigenvalue weighted by atomic mass is 10.1. The Labute approximate surface area is 160 Å². The Bertz CT molecular complexity index is 671. The minimum absolute atomic E-state index is 0.118. The van der Waals surface area contributed by atoms with Crippen LogP contribution in [-0.2, 0) is 4.74 Å². The van der Waals surface area contributed by atoms with E-state index in [-0.39, 0.29) is 23.6 Å². The second kappa shape index (κ2) is 9.89. The maximum atomic E-state index is 12.7. The maximum Gasteiger partial charge on any atom is 0.409 e. The van der Waals surface area contributed by atoms with Crippen molar-refractivity contribution >= 4 is 17.9 Å². The standard InChI is InChI=1S/C19H28N4O4/c1-4-6-9-21(3)17(24)15-7-8-20-16(14-15)18(25)22-10-12-23(13-11-22)19(26)27-5-2/h7-8,14H,4-6,9-13H2,1-3H3. The number of rotatable bonds is 6. The molecule has 0 unspecified atom stereocenters. The molecule has 1 aromatic heterocycles. The van der Waals surface area contributed by atoms with Gasteiger partial charge in [-0.3, -0.25) is 14.6 Å². The summed E-state index contributed by atoms with van der Waals surface area (Å²) in [6.45, 7) is 6.50. The van der Waals surface area contributed by atoms with E-state index in [2.05, 4.69) is 11.9 Å². The maximum absolute atomic E-state index is 12.7. The highest BCUT2D eigenvalue weighted by Gasteiger charge is 2.26. The lowest BCUT2D eigenvalue weighted by molar-refractivity contribution is 0.0566. The zero-order valence-electron chi connectivity index (χ0n) is 16.3. The average molecular weight is 376 g/mol. The first kappa shape index (κ1) is 20.7. The summed E-state index contributed by atoms with van der Waals surface area (Å²) in [5.41, 5.74) is 0.700. The summed E-state index contributed by atoms with van der Waals surface area (Å²) >= 11 is 0. The lowest BCUT2D eigenvalue weighted by Crippen LogP contribution is -2.50. The van der Waals surface area contributed by atoms with Crippen LogP contribution in [0.5, 0.6) is 0 Å². The molecule has 1 aromatic rings. The van der Waals surface area contributed by atoms with Gasteiger partial charge in [-0.15, -0.1) is 0 Å². The van der Waals surface area contributed by atoms with Gasteiger partial charge in [-0.25, -0.2) is 4.79 Å². The second-order valence-corrected chi connectivity index (χ2v) is 6.49. The van der Waals surface area contributed by atoms with Gasteiger partial charge in [-0.2, -0.15) is 0 Å². The Balaban J connectivity index is 1.99. The van der Waals surface area contributed by atoms with E-state index in [1.54, 1.807) is 40.8 Å². The SMILES string of the molecule is CCCCN(C)C(=O)c1ccnc(C(=O)N2CCN(C(=O)OCC)CC2)c1. The number of pyridine rings is 1. The lowest BCUT2D eigenvalue weighted by Gasteiger charge is -2.33. The number of unbranched alkanes of at least 4 members (excludes halogenated alkanes) is 1. The van der Waals surface area contributed by atoms with Gasteiger partial charge in [-0.1, -0.05) is 13.3 Å². The predicted molar refractivity (Wildman–Crippen MR) is 101 cm³/mol. The summed E-state index contributed by atoms with van der Waals surface area (Å²) in [6, 6.07) is 3.17. The van der Waals surface area contributed by atoms with Crippen LogP contribution in [0.4, 0.5) is 4.79 Å². The highest BCUT2D eigenvalue weighted by molar-refractivity contribution is 5.98. The van der Waals surface area contributed by atoms with Crippen LogP contribution in [-0.4, -0.2) is 84.0 Å². The monoisotopic (exact) mass is 376 g/mol. The number of hydrogen-bond donors (Lipinski definition) is 0. The summed E-state index contributed by atoms with van der Waals surface area (Å²) in [5.74, 6) is -0.351. The Morgan fingerprint density at radius 2 is 1.81 bits per heavy atom. The minimum Gasteiger partial charge on any atom is -0.450 e. The van der Waals surface area contributed by atoms with Crippen molar-refractivity contribution in [2.24, 2.45) is 0 Å². The van der Waals surface area contributed by atoms with Gasteiger partial charge in [0.1, 0.15) is 5.69 Å². The van der Waals surface area contributed by atoms with Crippen LogP contribution in [0.25, 0.3) is 0 Å². The molecule has 1 aliphatic rings. The molecule has 0 aromatic carbocycles. The molecule has 2 heterocycles. The molecule has 0 aliphatic carbocycles. The van der Waals surface area contributed by atoms with Gasteiger partial charge in [-0.05, 0) is 25.5 Å². The average Bonchev–Trinajstić information content (AvgIpc) is 2.71. The van der Waals surface area contributed by atoms with Crippen molar-refractivity contribution in [1.82, 2.24) is 19.7 Å². The Hall–Kier alpha value is -2.64. The van der Waals surface area contributed by atoms with Gasteiger partial charge in [0.05, 0.1) is 6.61 Å². The van der Waals surface area contributed by atoms with E-state index in [4.69, 9.17) is 4.74 Å². The zero-order valence-corrected chi connectivity index (χ0v) is 16.3. The molecule has 0 N–H and O–H groups in total. The van der Waals surface area contributed by atoms with Crippen LogP contribution in [0.1, 0.15) is 47.5 Å². The molecule has 27 heavy (non-hydrogen) atoms. The summed E-state index contributed by atoms with van der Waals surface area (Å²) < 4.78 is 4.98. The third kappa shape index (κ3) is 5.42. The Morgan fingerprint density at radius 3 is 2.44 bits per heavy atom. The van der Waals surface area contributed by atoms with E-state index in [9.17, 15) is 14.4 Å². The summed E-state index contributed by atoms with van der Waals surface area (Å²) in [6.07, 6.45) is 3.08. The number of hydrogen-bond acceptors (Lipinski definition) is 5. The molecule has 1 aliphatic heterocycles. The van der Waals surface area contributed by atoms with Gasteiger partial charge >= 0.3 is 6.09 Å². The van der Waals surface area contributed by atoms with Crippen LogP contribution >= 0.6 is 0 Å². The van der Waals surface area contributed by atoms with Crippen molar-refractivity contribution in [3.63, 3.8) is 0 Å². The van der Waals surface area contributed by atoms with Crippen LogP contribution in [0.15, 0.2) is 18.3 Å². The quantitative estimate of drug-likeness (QED) is 0.757. The van der Waals surface area contributed by atoms with Gasteiger partial charge in [0.2, 0.25) is 0 Å². The third-order valence-electron chi connectivity index (χ3n) is 4.51. The fourth-order valence-electron chi connectivity index (χ4n) is 2.87. The van der Waals surface area contributed by atoms with Gasteiger partial charge in [0.15, 0.2) is 0 Å². The molecule has 0 saturated carbocycles. The van der Waals surface area contributed by atoms with Crippen molar-refractivity contribution in [2.45, 2.75) is 26.7 Å². The van der Waals surface area contributed by atoms with Crippen molar-refractivity contribution in [2.75, 3.05) is 46.4 Å². The predicted octanol–water partition coefficient (Wildman–Crippen LogP) is 1.87. The third-order valence-corrected chi connectivity index (χ3v) is 4.51. The number of amides is 3. The topological polar surface area (TPSA) is 83.1 Å². The molecule has 0 atom stereocenters. The van der Waals surface area contributed by atoms with Crippen molar-refractivity contribution < 1.29 is 19.1 Å². The number of piperazine rings is 1. The van der Waals surface area contributed by atoms with Crippen LogP contribution in [0, 0.1) is 0 Å². The molecule has 3 amide bonds. The molecule has 0 spiro atoms. The molecule has 8 heteroatoms. The zero-order chi connectivity index (χ0) is 19.8. The Morgan fingerprint density at radius 1 is 1.15 bits per heavy atom. The first-order valence-electron chi connectivity index (χ1n) is 9.40.